The van der Waals surface area contributed by atoms with Gasteiger partial charge in [-0.05, 0) is 29.8 Å². The van der Waals surface area contributed by atoms with E-state index in [1.165, 1.54) is 0 Å². The SMILES string of the molecule is COc1ccc2c[n+]3c(c(O)c2c1OC)-c1cc2c(cc1CC3)OCO2. The molecule has 0 atom stereocenters. The Labute approximate surface area is 150 Å². The highest BCUT2D eigenvalue weighted by molar-refractivity contribution is 5.98. The minimum Gasteiger partial charge on any atom is -0.502 e. The highest BCUT2D eigenvalue weighted by atomic mass is 16.7. The van der Waals surface area contributed by atoms with Gasteiger partial charge in [0.25, 0.3) is 5.69 Å². The molecule has 1 N–H and O–H groups in total. The van der Waals surface area contributed by atoms with Crippen LogP contribution < -0.4 is 23.5 Å². The van der Waals surface area contributed by atoms with Gasteiger partial charge < -0.3 is 24.1 Å². The van der Waals surface area contributed by atoms with E-state index < -0.39 is 0 Å². The van der Waals surface area contributed by atoms with Gasteiger partial charge in [0.05, 0.1) is 30.6 Å². The van der Waals surface area contributed by atoms with Gasteiger partial charge in [0, 0.05) is 6.42 Å². The number of benzene rings is 2. The molecule has 132 valence electrons. The van der Waals surface area contributed by atoms with Crippen molar-refractivity contribution in [2.45, 2.75) is 13.0 Å². The molecule has 0 unspecified atom stereocenters. The fourth-order valence-corrected chi connectivity index (χ4v) is 3.89. The van der Waals surface area contributed by atoms with Crippen molar-refractivity contribution < 1.29 is 28.6 Å². The molecule has 26 heavy (non-hydrogen) atoms. The molecule has 6 nitrogen and oxygen atoms in total. The summed E-state index contributed by atoms with van der Waals surface area (Å²) in [6.07, 6.45) is 2.90. The van der Waals surface area contributed by atoms with E-state index in [1.54, 1.807) is 14.2 Å². The molecular formula is C20H18NO5+. The minimum atomic E-state index is 0.179. The smallest absolute Gasteiger partial charge is 0.255 e. The molecule has 5 rings (SSSR count). The first-order valence-corrected chi connectivity index (χ1v) is 8.44. The summed E-state index contributed by atoms with van der Waals surface area (Å²) in [5.41, 5.74) is 2.83. The molecule has 1 aromatic heterocycles. The van der Waals surface area contributed by atoms with E-state index >= 15 is 0 Å². The molecule has 0 radical (unpaired) electrons. The number of nitrogens with zero attached hydrogens (tertiary/aromatic N) is 1. The fourth-order valence-electron chi connectivity index (χ4n) is 3.89. The summed E-state index contributed by atoms with van der Waals surface area (Å²) < 4.78 is 24.0. The number of rotatable bonds is 2. The van der Waals surface area contributed by atoms with E-state index in [9.17, 15) is 5.11 Å². The van der Waals surface area contributed by atoms with Crippen molar-refractivity contribution in [3.05, 3.63) is 36.0 Å². The van der Waals surface area contributed by atoms with Gasteiger partial charge in [-0.25, -0.2) is 0 Å². The maximum absolute atomic E-state index is 11.2. The second-order valence-corrected chi connectivity index (χ2v) is 6.40. The van der Waals surface area contributed by atoms with E-state index in [0.717, 1.165) is 40.9 Å². The number of pyridine rings is 1. The van der Waals surface area contributed by atoms with Gasteiger partial charge in [-0.1, -0.05) is 0 Å². The molecule has 6 heteroatoms. The Kier molecular flexibility index (Phi) is 3.16. The first kappa shape index (κ1) is 15.1. The summed E-state index contributed by atoms with van der Waals surface area (Å²) >= 11 is 0. The van der Waals surface area contributed by atoms with Crippen LogP contribution in [-0.2, 0) is 13.0 Å². The molecule has 0 saturated carbocycles. The Morgan fingerprint density at radius 2 is 1.88 bits per heavy atom. The number of hydrogen-bond acceptors (Lipinski definition) is 5. The van der Waals surface area contributed by atoms with Gasteiger partial charge in [0.1, 0.15) is 0 Å². The summed E-state index contributed by atoms with van der Waals surface area (Å²) in [5.74, 6) is 2.75. The highest BCUT2D eigenvalue weighted by Crippen LogP contribution is 2.46. The molecule has 0 fully saturated rings. The molecule has 0 bridgehead atoms. The standard InChI is InChI=1S/C20H17NO5/c1-23-14-4-3-12-9-21-6-5-11-7-15-16(26-10-25-15)8-13(11)18(21)19(22)17(12)20(14)24-2/h3-4,7-9H,5-6,10H2,1-2H3/p+1. The molecule has 3 aromatic rings. The lowest BCUT2D eigenvalue weighted by atomic mass is 9.94. The van der Waals surface area contributed by atoms with Crippen LogP contribution in [0.3, 0.4) is 0 Å². The van der Waals surface area contributed by atoms with E-state index in [2.05, 4.69) is 4.57 Å². The molecule has 2 aliphatic heterocycles. The average molecular weight is 352 g/mol. The van der Waals surface area contributed by atoms with Crippen molar-refractivity contribution in [3.63, 3.8) is 0 Å². The Balaban J connectivity index is 1.84. The molecule has 2 aliphatic rings. The second-order valence-electron chi connectivity index (χ2n) is 6.40. The predicted molar refractivity (Wildman–Crippen MR) is 94.2 cm³/mol. The number of aryl methyl sites for hydroxylation is 2. The Bertz CT molecular complexity index is 1060. The van der Waals surface area contributed by atoms with Gasteiger partial charge in [0.2, 0.25) is 12.5 Å². The first-order valence-electron chi connectivity index (χ1n) is 8.44. The third-order valence-corrected chi connectivity index (χ3v) is 5.10. The normalized spacial score (nSPS) is 14.1. The van der Waals surface area contributed by atoms with Crippen LogP contribution in [0.5, 0.6) is 28.7 Å². The zero-order valence-corrected chi connectivity index (χ0v) is 14.5. The number of fused-ring (bicyclic) bond motifs is 5. The van der Waals surface area contributed by atoms with Crippen molar-refractivity contribution in [2.24, 2.45) is 0 Å². The maximum atomic E-state index is 11.2. The molecule has 3 heterocycles. The van der Waals surface area contributed by atoms with Crippen LogP contribution in [0, 0.1) is 0 Å². The van der Waals surface area contributed by atoms with Crippen LogP contribution >= 0.6 is 0 Å². The van der Waals surface area contributed by atoms with Crippen molar-refractivity contribution in [1.82, 2.24) is 0 Å². The quantitative estimate of drug-likeness (QED) is 0.719. The zero-order valence-electron chi connectivity index (χ0n) is 14.5. The van der Waals surface area contributed by atoms with Crippen molar-refractivity contribution in [3.8, 4) is 40.0 Å². The average Bonchev–Trinajstić information content (AvgIpc) is 3.12. The van der Waals surface area contributed by atoms with Gasteiger partial charge >= 0.3 is 0 Å². The molecule has 2 aromatic carbocycles. The summed E-state index contributed by atoms with van der Waals surface area (Å²) in [4.78, 5) is 0. The van der Waals surface area contributed by atoms with E-state index in [4.69, 9.17) is 18.9 Å². The molecular weight excluding hydrogens is 334 g/mol. The lowest BCUT2D eigenvalue weighted by Gasteiger charge is -2.18. The third-order valence-electron chi connectivity index (χ3n) is 5.10. The Hall–Kier alpha value is -3.15. The molecule has 0 saturated heterocycles. The first-order chi connectivity index (χ1) is 12.7. The number of ether oxygens (including phenoxy) is 4. The number of hydrogen-bond donors (Lipinski definition) is 1. The van der Waals surface area contributed by atoms with E-state index in [-0.39, 0.29) is 12.5 Å². The second kappa shape index (κ2) is 5.42. The number of methoxy groups -OCH3 is 2. The lowest BCUT2D eigenvalue weighted by Crippen LogP contribution is -2.40. The highest BCUT2D eigenvalue weighted by Gasteiger charge is 2.32. The van der Waals surface area contributed by atoms with Crippen molar-refractivity contribution >= 4 is 10.8 Å². The van der Waals surface area contributed by atoms with E-state index in [0.29, 0.717) is 22.6 Å². The third kappa shape index (κ3) is 1.95. The summed E-state index contributed by atoms with van der Waals surface area (Å²) in [5, 5.41) is 12.7. The minimum absolute atomic E-state index is 0.179. The fraction of sp³-hybridized carbons (Fsp3) is 0.250. The van der Waals surface area contributed by atoms with Gasteiger partial charge in [-0.2, -0.15) is 4.57 Å². The van der Waals surface area contributed by atoms with Crippen LogP contribution in [0.15, 0.2) is 30.5 Å². The van der Waals surface area contributed by atoms with Crippen LogP contribution in [0.1, 0.15) is 5.56 Å². The topological polar surface area (TPSA) is 61.0 Å². The van der Waals surface area contributed by atoms with Gasteiger partial charge in [-0.3, -0.25) is 0 Å². The van der Waals surface area contributed by atoms with Crippen LogP contribution in [-0.4, -0.2) is 26.1 Å². The predicted octanol–water partition coefficient (Wildman–Crippen LogP) is 2.80. The molecule has 0 aliphatic carbocycles. The van der Waals surface area contributed by atoms with Crippen LogP contribution in [0.4, 0.5) is 0 Å². The monoisotopic (exact) mass is 352 g/mol. The Morgan fingerprint density at radius 3 is 2.65 bits per heavy atom. The number of aromatic hydroxyl groups is 1. The Morgan fingerprint density at radius 1 is 1.08 bits per heavy atom. The lowest BCUT2D eigenvalue weighted by molar-refractivity contribution is -0.686. The van der Waals surface area contributed by atoms with Crippen LogP contribution in [0.2, 0.25) is 0 Å². The summed E-state index contributed by atoms with van der Waals surface area (Å²) in [7, 11) is 3.17. The molecule has 0 spiro atoms. The molecule has 0 amide bonds. The number of aromatic nitrogens is 1. The zero-order chi connectivity index (χ0) is 17.8. The van der Waals surface area contributed by atoms with Gasteiger partial charge in [-0.15, -0.1) is 0 Å². The van der Waals surface area contributed by atoms with Crippen LogP contribution in [0.25, 0.3) is 22.0 Å². The van der Waals surface area contributed by atoms with E-state index in [1.807, 2.05) is 30.5 Å². The van der Waals surface area contributed by atoms with Crippen molar-refractivity contribution in [2.75, 3.05) is 21.0 Å². The summed E-state index contributed by atoms with van der Waals surface area (Å²) in [6, 6.07) is 7.73. The van der Waals surface area contributed by atoms with Crippen molar-refractivity contribution in [1.29, 1.82) is 0 Å². The maximum Gasteiger partial charge on any atom is 0.255 e. The largest absolute Gasteiger partial charge is 0.502 e. The van der Waals surface area contributed by atoms with Gasteiger partial charge in [0.15, 0.2) is 35.7 Å². The summed E-state index contributed by atoms with van der Waals surface area (Å²) in [6.45, 7) is 1.01.